The number of cyclic esters (lactones) is 1. The lowest BCUT2D eigenvalue weighted by atomic mass is 10.1. The number of carbonyl (C=O) groups is 2. The Kier molecular flexibility index (Phi) is 2.95. The van der Waals surface area contributed by atoms with Crippen molar-refractivity contribution in [3.05, 3.63) is 48.0 Å². The Bertz CT molecular complexity index is 467. The maximum Gasteiger partial charge on any atom is 0.417 e. The maximum atomic E-state index is 11.9. The van der Waals surface area contributed by atoms with Crippen LogP contribution >= 0.6 is 0 Å². The first-order chi connectivity index (χ1) is 8.11. The van der Waals surface area contributed by atoms with E-state index in [2.05, 4.69) is 6.58 Å². The molecule has 4 nitrogen and oxygen atoms in total. The summed E-state index contributed by atoms with van der Waals surface area (Å²) < 4.78 is 4.93. The standard InChI is InChI=1S/C13H13NO3/c1-9(2)12(15)14-11(8-17-13(14)16)10-6-4-3-5-7-10/h3-7,11H,1,8H2,2H3/t11-/m0/s1. The molecule has 17 heavy (non-hydrogen) atoms. The summed E-state index contributed by atoms with van der Waals surface area (Å²) in [7, 11) is 0. The number of amides is 2. The highest BCUT2D eigenvalue weighted by molar-refractivity contribution is 6.02. The van der Waals surface area contributed by atoms with Crippen molar-refractivity contribution < 1.29 is 14.3 Å². The zero-order chi connectivity index (χ0) is 12.4. The van der Waals surface area contributed by atoms with Crippen LogP contribution in [0.4, 0.5) is 4.79 Å². The van der Waals surface area contributed by atoms with Crippen molar-refractivity contribution in [2.75, 3.05) is 6.61 Å². The van der Waals surface area contributed by atoms with Crippen LogP contribution in [-0.2, 0) is 9.53 Å². The van der Waals surface area contributed by atoms with Crippen molar-refractivity contribution >= 4 is 12.0 Å². The van der Waals surface area contributed by atoms with Gasteiger partial charge in [0.15, 0.2) is 0 Å². The predicted octanol–water partition coefficient (Wildman–Crippen LogP) is 2.28. The van der Waals surface area contributed by atoms with Gasteiger partial charge in [0, 0.05) is 5.57 Å². The van der Waals surface area contributed by atoms with Gasteiger partial charge in [0.25, 0.3) is 5.91 Å². The summed E-state index contributed by atoms with van der Waals surface area (Å²) in [5.41, 5.74) is 1.21. The fourth-order valence-electron chi connectivity index (χ4n) is 1.77. The Morgan fingerprint density at radius 1 is 1.41 bits per heavy atom. The van der Waals surface area contributed by atoms with Gasteiger partial charge in [-0.1, -0.05) is 36.9 Å². The quantitative estimate of drug-likeness (QED) is 0.733. The lowest BCUT2D eigenvalue weighted by Crippen LogP contribution is -2.34. The summed E-state index contributed by atoms with van der Waals surface area (Å²) in [4.78, 5) is 24.5. The average Bonchev–Trinajstić information content (AvgIpc) is 2.71. The van der Waals surface area contributed by atoms with E-state index in [-0.39, 0.29) is 18.6 Å². The van der Waals surface area contributed by atoms with E-state index in [1.165, 1.54) is 0 Å². The monoisotopic (exact) mass is 231 g/mol. The normalized spacial score (nSPS) is 19.0. The number of ether oxygens (including phenoxy) is 1. The molecule has 1 saturated heterocycles. The molecule has 0 N–H and O–H groups in total. The van der Waals surface area contributed by atoms with Gasteiger partial charge in [0.1, 0.15) is 12.6 Å². The lowest BCUT2D eigenvalue weighted by molar-refractivity contribution is -0.125. The number of carbonyl (C=O) groups excluding carboxylic acids is 2. The first-order valence-corrected chi connectivity index (χ1v) is 5.32. The highest BCUT2D eigenvalue weighted by atomic mass is 16.6. The van der Waals surface area contributed by atoms with Crippen LogP contribution in [0.2, 0.25) is 0 Å². The molecular formula is C13H13NO3. The van der Waals surface area contributed by atoms with Gasteiger partial charge in [-0.2, -0.15) is 0 Å². The summed E-state index contributed by atoms with van der Waals surface area (Å²) in [6.07, 6.45) is -0.605. The van der Waals surface area contributed by atoms with Gasteiger partial charge in [-0.15, -0.1) is 0 Å². The van der Waals surface area contributed by atoms with Gasteiger partial charge in [-0.25, -0.2) is 9.69 Å². The third-order valence-corrected chi connectivity index (χ3v) is 2.64. The molecule has 1 heterocycles. The number of nitrogens with zero attached hydrogens (tertiary/aromatic N) is 1. The Labute approximate surface area is 99.5 Å². The predicted molar refractivity (Wildman–Crippen MR) is 62.2 cm³/mol. The summed E-state index contributed by atoms with van der Waals surface area (Å²) in [5, 5.41) is 0. The van der Waals surface area contributed by atoms with Crippen molar-refractivity contribution in [2.45, 2.75) is 13.0 Å². The molecule has 1 atom stereocenters. The molecule has 1 aromatic carbocycles. The summed E-state index contributed by atoms with van der Waals surface area (Å²) >= 11 is 0. The Hall–Kier alpha value is -2.10. The highest BCUT2D eigenvalue weighted by Crippen LogP contribution is 2.28. The van der Waals surface area contributed by atoms with E-state index in [0.717, 1.165) is 10.5 Å². The second-order valence-corrected chi connectivity index (χ2v) is 3.96. The Balaban J connectivity index is 2.32. The van der Waals surface area contributed by atoms with E-state index in [1.54, 1.807) is 6.92 Å². The molecule has 0 bridgehead atoms. The van der Waals surface area contributed by atoms with Crippen LogP contribution in [0.3, 0.4) is 0 Å². The van der Waals surface area contributed by atoms with Crippen LogP contribution in [-0.4, -0.2) is 23.5 Å². The molecule has 0 radical (unpaired) electrons. The third kappa shape index (κ3) is 2.06. The van der Waals surface area contributed by atoms with Crippen LogP contribution in [0.25, 0.3) is 0 Å². The first kappa shape index (κ1) is 11.4. The van der Waals surface area contributed by atoms with E-state index in [0.29, 0.717) is 5.57 Å². The maximum absolute atomic E-state index is 11.9. The molecule has 0 aromatic heterocycles. The minimum absolute atomic E-state index is 0.196. The van der Waals surface area contributed by atoms with Crippen LogP contribution in [0.5, 0.6) is 0 Å². The van der Waals surface area contributed by atoms with Crippen LogP contribution < -0.4 is 0 Å². The molecule has 2 amide bonds. The van der Waals surface area contributed by atoms with Crippen molar-refractivity contribution in [3.63, 3.8) is 0 Å². The zero-order valence-electron chi connectivity index (χ0n) is 9.55. The molecule has 2 rings (SSSR count). The molecule has 1 aliphatic heterocycles. The molecule has 1 fully saturated rings. The van der Waals surface area contributed by atoms with E-state index in [9.17, 15) is 9.59 Å². The van der Waals surface area contributed by atoms with Crippen molar-refractivity contribution in [2.24, 2.45) is 0 Å². The van der Waals surface area contributed by atoms with Gasteiger partial charge in [0.2, 0.25) is 0 Å². The fourth-order valence-corrected chi connectivity index (χ4v) is 1.77. The minimum atomic E-state index is -0.605. The highest BCUT2D eigenvalue weighted by Gasteiger charge is 2.38. The van der Waals surface area contributed by atoms with Crippen LogP contribution in [0, 0.1) is 0 Å². The second-order valence-electron chi connectivity index (χ2n) is 3.96. The average molecular weight is 231 g/mol. The zero-order valence-corrected chi connectivity index (χ0v) is 9.55. The molecular weight excluding hydrogens is 218 g/mol. The summed E-state index contributed by atoms with van der Waals surface area (Å²) in [6.45, 7) is 5.34. The second kappa shape index (κ2) is 4.41. The van der Waals surface area contributed by atoms with Gasteiger partial charge < -0.3 is 4.74 Å². The number of hydrogen-bond donors (Lipinski definition) is 0. The largest absolute Gasteiger partial charge is 0.446 e. The van der Waals surface area contributed by atoms with Gasteiger partial charge in [-0.05, 0) is 12.5 Å². The number of benzene rings is 1. The number of hydrogen-bond acceptors (Lipinski definition) is 3. The van der Waals surface area contributed by atoms with E-state index < -0.39 is 6.09 Å². The van der Waals surface area contributed by atoms with Gasteiger partial charge >= 0.3 is 6.09 Å². The fraction of sp³-hybridized carbons (Fsp3) is 0.231. The van der Waals surface area contributed by atoms with Crippen molar-refractivity contribution in [3.8, 4) is 0 Å². The topological polar surface area (TPSA) is 46.6 Å². The van der Waals surface area contributed by atoms with Crippen LogP contribution in [0.15, 0.2) is 42.5 Å². The molecule has 0 aliphatic carbocycles. The number of imide groups is 1. The first-order valence-electron chi connectivity index (χ1n) is 5.32. The van der Waals surface area contributed by atoms with E-state index >= 15 is 0 Å². The summed E-state index contributed by atoms with van der Waals surface area (Å²) in [6, 6.07) is 8.99. The molecule has 0 spiro atoms. The summed E-state index contributed by atoms with van der Waals surface area (Å²) in [5.74, 6) is -0.388. The van der Waals surface area contributed by atoms with Crippen LogP contribution in [0.1, 0.15) is 18.5 Å². The molecule has 4 heteroatoms. The Morgan fingerprint density at radius 2 is 2.06 bits per heavy atom. The molecule has 0 unspecified atom stereocenters. The lowest BCUT2D eigenvalue weighted by Gasteiger charge is -2.19. The van der Waals surface area contributed by atoms with E-state index in [1.807, 2.05) is 30.3 Å². The van der Waals surface area contributed by atoms with Gasteiger partial charge in [-0.3, -0.25) is 4.79 Å². The molecule has 1 aliphatic rings. The molecule has 0 saturated carbocycles. The minimum Gasteiger partial charge on any atom is -0.446 e. The SMILES string of the molecule is C=C(C)C(=O)N1C(=O)OC[C@H]1c1ccccc1. The molecule has 88 valence electrons. The molecule has 1 aromatic rings. The smallest absolute Gasteiger partial charge is 0.417 e. The van der Waals surface area contributed by atoms with E-state index in [4.69, 9.17) is 4.74 Å². The number of rotatable bonds is 2. The van der Waals surface area contributed by atoms with Gasteiger partial charge in [0.05, 0.1) is 0 Å². The van der Waals surface area contributed by atoms with Crippen molar-refractivity contribution in [1.82, 2.24) is 4.90 Å². The Morgan fingerprint density at radius 3 is 2.65 bits per heavy atom. The van der Waals surface area contributed by atoms with Crippen molar-refractivity contribution in [1.29, 1.82) is 0 Å². The third-order valence-electron chi connectivity index (χ3n) is 2.64.